The summed E-state index contributed by atoms with van der Waals surface area (Å²) in [6.07, 6.45) is 0.422. The minimum Gasteiger partial charge on any atom is -0.339 e. The summed E-state index contributed by atoms with van der Waals surface area (Å²) in [5.74, 6) is 0.538. The van der Waals surface area contributed by atoms with Crippen molar-refractivity contribution in [2.45, 2.75) is 24.7 Å². The van der Waals surface area contributed by atoms with Gasteiger partial charge in [0.25, 0.3) is 10.0 Å². The van der Waals surface area contributed by atoms with E-state index in [4.69, 9.17) is 16.1 Å². The van der Waals surface area contributed by atoms with Gasteiger partial charge in [-0.3, -0.25) is 9.52 Å². The lowest BCUT2D eigenvalue weighted by atomic mass is 10.2. The van der Waals surface area contributed by atoms with Gasteiger partial charge in [-0.2, -0.15) is 4.98 Å². The van der Waals surface area contributed by atoms with Crippen LogP contribution in [-0.2, 0) is 21.2 Å². The molecule has 34 heavy (non-hydrogen) atoms. The zero-order valence-corrected chi connectivity index (χ0v) is 19.7. The van der Waals surface area contributed by atoms with Gasteiger partial charge in [0.2, 0.25) is 17.6 Å². The average Bonchev–Trinajstić information content (AvgIpc) is 3.29. The topological polar surface area (TPSA) is 114 Å². The molecule has 0 saturated heterocycles. The molecule has 3 aromatic carbocycles. The minimum atomic E-state index is -3.69. The first-order valence-electron chi connectivity index (χ1n) is 10.4. The highest BCUT2D eigenvalue weighted by Gasteiger charge is 2.14. The Labute approximate surface area is 202 Å². The van der Waals surface area contributed by atoms with Crippen molar-refractivity contribution in [3.05, 3.63) is 89.3 Å². The molecular formula is C24H21ClN4O4S. The molecule has 1 amide bonds. The molecule has 0 radical (unpaired) electrons. The Morgan fingerprint density at radius 1 is 0.941 bits per heavy atom. The fraction of sp³-hybridized carbons (Fsp3) is 0.125. The van der Waals surface area contributed by atoms with Crippen LogP contribution in [0.2, 0.25) is 5.02 Å². The third-order valence-corrected chi connectivity index (χ3v) is 6.54. The van der Waals surface area contributed by atoms with Gasteiger partial charge in [-0.1, -0.05) is 34.5 Å². The maximum atomic E-state index is 12.5. The summed E-state index contributed by atoms with van der Waals surface area (Å²) in [5.41, 5.74) is 2.66. The molecule has 0 fully saturated rings. The Morgan fingerprint density at radius 3 is 2.26 bits per heavy atom. The molecule has 4 rings (SSSR count). The van der Waals surface area contributed by atoms with Gasteiger partial charge >= 0.3 is 0 Å². The summed E-state index contributed by atoms with van der Waals surface area (Å²) < 4.78 is 32.7. The Morgan fingerprint density at radius 2 is 1.59 bits per heavy atom. The number of benzene rings is 3. The molecule has 8 nitrogen and oxygen atoms in total. The van der Waals surface area contributed by atoms with Gasteiger partial charge in [-0.05, 0) is 67.6 Å². The summed E-state index contributed by atoms with van der Waals surface area (Å²) in [5, 5.41) is 7.30. The second-order valence-corrected chi connectivity index (χ2v) is 9.68. The van der Waals surface area contributed by atoms with Gasteiger partial charge in [0.05, 0.1) is 4.90 Å². The van der Waals surface area contributed by atoms with Crippen LogP contribution >= 0.6 is 11.6 Å². The molecule has 0 unspecified atom stereocenters. The third-order valence-electron chi connectivity index (χ3n) is 4.89. The normalized spacial score (nSPS) is 11.2. The maximum Gasteiger partial charge on any atom is 0.261 e. The van der Waals surface area contributed by atoms with Crippen LogP contribution in [0.5, 0.6) is 0 Å². The van der Waals surface area contributed by atoms with Crippen molar-refractivity contribution in [1.29, 1.82) is 0 Å². The van der Waals surface area contributed by atoms with Gasteiger partial charge in [0, 0.05) is 34.8 Å². The van der Waals surface area contributed by atoms with E-state index in [1.807, 2.05) is 6.92 Å². The number of hydrogen-bond acceptors (Lipinski definition) is 6. The molecule has 0 saturated carbocycles. The second kappa shape index (κ2) is 10.1. The van der Waals surface area contributed by atoms with Crippen LogP contribution in [-0.4, -0.2) is 24.5 Å². The first-order valence-corrected chi connectivity index (χ1v) is 12.2. The summed E-state index contributed by atoms with van der Waals surface area (Å²) >= 11 is 5.88. The number of halogens is 1. The van der Waals surface area contributed by atoms with E-state index in [0.29, 0.717) is 28.1 Å². The van der Waals surface area contributed by atoms with Crippen molar-refractivity contribution < 1.29 is 17.7 Å². The van der Waals surface area contributed by atoms with Crippen LogP contribution in [0.4, 0.5) is 11.4 Å². The molecule has 0 aliphatic rings. The number of nitrogens with zero attached hydrogens (tertiary/aromatic N) is 2. The highest BCUT2D eigenvalue weighted by Crippen LogP contribution is 2.20. The van der Waals surface area contributed by atoms with Gasteiger partial charge in [0.1, 0.15) is 0 Å². The standard InChI is InChI=1S/C24H21ClN4O4S/c1-16-2-12-21(13-3-16)34(31,32)29-20-10-8-19(9-11-20)26-22(30)14-15-23-27-24(28-33-23)17-4-6-18(25)7-5-17/h2-13,29H,14-15H2,1H3,(H,26,30). The van der Waals surface area contributed by atoms with Crippen molar-refractivity contribution in [3.63, 3.8) is 0 Å². The van der Waals surface area contributed by atoms with E-state index < -0.39 is 10.0 Å². The Balaban J connectivity index is 1.30. The van der Waals surface area contributed by atoms with Crippen molar-refractivity contribution in [1.82, 2.24) is 10.1 Å². The van der Waals surface area contributed by atoms with E-state index >= 15 is 0 Å². The van der Waals surface area contributed by atoms with Crippen molar-refractivity contribution >= 4 is 38.9 Å². The summed E-state index contributed by atoms with van der Waals surface area (Å²) in [7, 11) is -3.69. The van der Waals surface area contributed by atoms with E-state index in [9.17, 15) is 13.2 Å². The summed E-state index contributed by atoms with van der Waals surface area (Å²) in [4.78, 5) is 16.8. The van der Waals surface area contributed by atoms with E-state index in [-0.39, 0.29) is 23.6 Å². The molecule has 2 N–H and O–H groups in total. The van der Waals surface area contributed by atoms with Gasteiger partial charge in [0.15, 0.2) is 0 Å². The maximum absolute atomic E-state index is 12.5. The Bertz CT molecular complexity index is 1380. The van der Waals surface area contributed by atoms with Crippen LogP contribution < -0.4 is 10.0 Å². The quantitative estimate of drug-likeness (QED) is 0.352. The Kier molecular flexibility index (Phi) is 6.95. The monoisotopic (exact) mass is 496 g/mol. The molecule has 1 heterocycles. The van der Waals surface area contributed by atoms with Crippen LogP contribution in [0, 0.1) is 6.92 Å². The lowest BCUT2D eigenvalue weighted by Gasteiger charge is -2.10. The highest BCUT2D eigenvalue weighted by atomic mass is 35.5. The van der Waals surface area contributed by atoms with E-state index in [1.165, 1.54) is 0 Å². The molecule has 10 heteroatoms. The van der Waals surface area contributed by atoms with Gasteiger partial charge in [-0.25, -0.2) is 8.42 Å². The minimum absolute atomic E-state index is 0.143. The number of hydrogen-bond donors (Lipinski definition) is 2. The zero-order chi connectivity index (χ0) is 24.1. The zero-order valence-electron chi connectivity index (χ0n) is 18.2. The SMILES string of the molecule is Cc1ccc(S(=O)(=O)Nc2ccc(NC(=O)CCc3nc(-c4ccc(Cl)cc4)no3)cc2)cc1. The molecule has 0 aliphatic carbocycles. The second-order valence-electron chi connectivity index (χ2n) is 7.56. The first kappa shape index (κ1) is 23.5. The molecule has 0 atom stereocenters. The predicted octanol–water partition coefficient (Wildman–Crippen LogP) is 5.07. The molecule has 0 spiro atoms. The van der Waals surface area contributed by atoms with E-state index in [1.54, 1.807) is 72.8 Å². The van der Waals surface area contributed by atoms with Crippen molar-refractivity contribution in [3.8, 4) is 11.4 Å². The number of anilines is 2. The van der Waals surface area contributed by atoms with Crippen molar-refractivity contribution in [2.24, 2.45) is 0 Å². The lowest BCUT2D eigenvalue weighted by molar-refractivity contribution is -0.116. The summed E-state index contributed by atoms with van der Waals surface area (Å²) in [6.45, 7) is 1.89. The molecule has 1 aromatic heterocycles. The van der Waals surface area contributed by atoms with Crippen LogP contribution in [0.3, 0.4) is 0 Å². The summed E-state index contributed by atoms with van der Waals surface area (Å²) in [6, 6.07) is 20.0. The van der Waals surface area contributed by atoms with Crippen LogP contribution in [0.25, 0.3) is 11.4 Å². The van der Waals surface area contributed by atoms with Gasteiger partial charge < -0.3 is 9.84 Å². The fourth-order valence-corrected chi connectivity index (χ4v) is 4.25. The molecular weight excluding hydrogens is 476 g/mol. The third kappa shape index (κ3) is 6.00. The van der Waals surface area contributed by atoms with Crippen molar-refractivity contribution in [2.75, 3.05) is 10.0 Å². The number of sulfonamides is 1. The van der Waals surface area contributed by atoms with Crippen LogP contribution in [0.1, 0.15) is 17.9 Å². The number of aromatic nitrogens is 2. The van der Waals surface area contributed by atoms with E-state index in [0.717, 1.165) is 11.1 Å². The average molecular weight is 497 g/mol. The largest absolute Gasteiger partial charge is 0.339 e. The fourth-order valence-electron chi connectivity index (χ4n) is 3.07. The number of aryl methyl sites for hydroxylation is 2. The molecule has 4 aromatic rings. The number of nitrogens with one attached hydrogen (secondary N) is 2. The molecule has 0 aliphatic heterocycles. The predicted molar refractivity (Wildman–Crippen MR) is 130 cm³/mol. The Hall–Kier alpha value is -3.69. The first-order chi connectivity index (χ1) is 16.3. The molecule has 0 bridgehead atoms. The smallest absolute Gasteiger partial charge is 0.261 e. The lowest BCUT2D eigenvalue weighted by Crippen LogP contribution is -2.14. The van der Waals surface area contributed by atoms with Gasteiger partial charge in [-0.15, -0.1) is 0 Å². The number of amides is 1. The number of rotatable bonds is 8. The number of carbonyl (C=O) groups excluding carboxylic acids is 1. The number of carbonyl (C=O) groups is 1. The highest BCUT2D eigenvalue weighted by molar-refractivity contribution is 7.92. The van der Waals surface area contributed by atoms with E-state index in [2.05, 4.69) is 20.2 Å². The molecule has 174 valence electrons. The van der Waals surface area contributed by atoms with Crippen LogP contribution in [0.15, 0.2) is 82.2 Å².